The SMILES string of the molecule is CC#CCON(C(C(=O)NO)c1ccccc1)S(=O)(=O)c1ccccc1. The molecule has 2 rings (SSSR count). The second kappa shape index (κ2) is 9.12. The average molecular weight is 374 g/mol. The lowest BCUT2D eigenvalue weighted by molar-refractivity contribution is -0.151. The summed E-state index contributed by atoms with van der Waals surface area (Å²) >= 11 is 0. The first kappa shape index (κ1) is 19.6. The van der Waals surface area contributed by atoms with Gasteiger partial charge in [0, 0.05) is 0 Å². The van der Waals surface area contributed by atoms with E-state index in [9.17, 15) is 13.2 Å². The van der Waals surface area contributed by atoms with E-state index in [4.69, 9.17) is 10.0 Å². The molecule has 0 bridgehead atoms. The summed E-state index contributed by atoms with van der Waals surface area (Å²) in [6.07, 6.45) is 0. The minimum absolute atomic E-state index is 0.0591. The summed E-state index contributed by atoms with van der Waals surface area (Å²) in [6.45, 7) is 1.33. The monoisotopic (exact) mass is 374 g/mol. The number of nitrogens with one attached hydrogen (secondary N) is 1. The summed E-state index contributed by atoms with van der Waals surface area (Å²) in [5.41, 5.74) is 1.82. The Balaban J connectivity index is 2.56. The normalized spacial score (nSPS) is 12.1. The highest BCUT2D eigenvalue weighted by atomic mass is 32.2. The molecule has 1 unspecified atom stereocenters. The van der Waals surface area contributed by atoms with Crippen molar-refractivity contribution < 1.29 is 23.3 Å². The number of hydrogen-bond acceptors (Lipinski definition) is 5. The summed E-state index contributed by atoms with van der Waals surface area (Å²) in [5.74, 6) is 4.22. The minimum Gasteiger partial charge on any atom is -0.289 e. The number of hydroxylamine groups is 2. The van der Waals surface area contributed by atoms with Crippen LogP contribution >= 0.6 is 0 Å². The Morgan fingerprint density at radius 3 is 2.27 bits per heavy atom. The van der Waals surface area contributed by atoms with E-state index in [1.165, 1.54) is 17.6 Å². The Labute approximate surface area is 152 Å². The number of carbonyl (C=O) groups excluding carboxylic acids is 1. The lowest BCUT2D eigenvalue weighted by atomic mass is 10.1. The molecule has 8 heteroatoms. The molecule has 0 aliphatic rings. The van der Waals surface area contributed by atoms with Crippen LogP contribution in [-0.4, -0.2) is 30.6 Å². The molecule has 26 heavy (non-hydrogen) atoms. The highest BCUT2D eigenvalue weighted by Gasteiger charge is 2.38. The van der Waals surface area contributed by atoms with Crippen LogP contribution < -0.4 is 5.48 Å². The lowest BCUT2D eigenvalue weighted by Gasteiger charge is -2.28. The van der Waals surface area contributed by atoms with E-state index in [1.807, 2.05) is 0 Å². The summed E-state index contributed by atoms with van der Waals surface area (Å²) in [6, 6.07) is 14.2. The van der Waals surface area contributed by atoms with Crippen molar-refractivity contribution >= 4 is 15.9 Å². The van der Waals surface area contributed by atoms with Crippen molar-refractivity contribution in [2.24, 2.45) is 0 Å². The molecule has 0 radical (unpaired) electrons. The van der Waals surface area contributed by atoms with Crippen LogP contribution in [0.2, 0.25) is 0 Å². The first-order valence-corrected chi connectivity index (χ1v) is 9.07. The molecule has 1 amide bonds. The van der Waals surface area contributed by atoms with Crippen molar-refractivity contribution in [2.45, 2.75) is 17.9 Å². The van der Waals surface area contributed by atoms with Crippen molar-refractivity contribution in [3.63, 3.8) is 0 Å². The van der Waals surface area contributed by atoms with Gasteiger partial charge >= 0.3 is 0 Å². The molecule has 7 nitrogen and oxygen atoms in total. The molecule has 0 saturated carbocycles. The van der Waals surface area contributed by atoms with Crippen LogP contribution in [0.15, 0.2) is 65.6 Å². The standard InChI is InChI=1S/C18H18N2O5S/c1-2-3-14-25-20(26(23,24)16-12-8-5-9-13-16)17(18(21)19-22)15-10-6-4-7-11-15/h4-13,17,22H,14H2,1H3,(H,19,21). The number of amides is 1. The van der Waals surface area contributed by atoms with Gasteiger partial charge in [-0.1, -0.05) is 58.9 Å². The maximum Gasteiger partial charge on any atom is 0.268 e. The summed E-state index contributed by atoms with van der Waals surface area (Å²) < 4.78 is 26.7. The summed E-state index contributed by atoms with van der Waals surface area (Å²) in [7, 11) is -4.21. The van der Waals surface area contributed by atoms with Crippen LogP contribution in [-0.2, 0) is 19.7 Å². The maximum absolute atomic E-state index is 13.1. The van der Waals surface area contributed by atoms with Crippen molar-refractivity contribution in [1.82, 2.24) is 9.95 Å². The van der Waals surface area contributed by atoms with Crippen LogP contribution in [0.5, 0.6) is 0 Å². The largest absolute Gasteiger partial charge is 0.289 e. The van der Waals surface area contributed by atoms with Crippen LogP contribution in [0.1, 0.15) is 18.5 Å². The van der Waals surface area contributed by atoms with Gasteiger partial charge in [0.05, 0.1) is 4.90 Å². The van der Waals surface area contributed by atoms with Gasteiger partial charge < -0.3 is 0 Å². The Hall–Kier alpha value is -2.70. The van der Waals surface area contributed by atoms with E-state index in [0.29, 0.717) is 10.0 Å². The second-order valence-electron chi connectivity index (χ2n) is 5.06. The molecular formula is C18H18N2O5S. The maximum atomic E-state index is 13.1. The zero-order chi connectivity index (χ0) is 19.0. The minimum atomic E-state index is -4.21. The Kier molecular flexibility index (Phi) is 6.89. The van der Waals surface area contributed by atoms with Crippen LogP contribution in [0.25, 0.3) is 0 Å². The third-order valence-corrected chi connectivity index (χ3v) is 5.06. The van der Waals surface area contributed by atoms with Crippen LogP contribution in [0.3, 0.4) is 0 Å². The van der Waals surface area contributed by atoms with E-state index < -0.39 is 22.0 Å². The van der Waals surface area contributed by atoms with Gasteiger partial charge in [0.1, 0.15) is 6.61 Å². The molecule has 0 spiro atoms. The number of nitrogens with zero attached hydrogens (tertiary/aromatic N) is 1. The van der Waals surface area contributed by atoms with Gasteiger partial charge in [0.25, 0.3) is 15.9 Å². The van der Waals surface area contributed by atoms with Crippen LogP contribution in [0, 0.1) is 11.8 Å². The molecule has 2 N–H and O–H groups in total. The number of benzene rings is 2. The summed E-state index contributed by atoms with van der Waals surface area (Å²) in [5, 5.41) is 9.12. The molecule has 1 atom stereocenters. The van der Waals surface area contributed by atoms with Gasteiger partial charge in [-0.15, -0.1) is 5.92 Å². The number of hydrogen-bond donors (Lipinski definition) is 2. The number of rotatable bonds is 7. The van der Waals surface area contributed by atoms with Gasteiger partial charge in [-0.25, -0.2) is 13.9 Å². The molecule has 0 aliphatic heterocycles. The summed E-state index contributed by atoms with van der Waals surface area (Å²) in [4.78, 5) is 17.6. The molecule has 136 valence electrons. The number of carbonyl (C=O) groups is 1. The molecule has 2 aromatic rings. The third kappa shape index (κ3) is 4.47. The van der Waals surface area contributed by atoms with Crippen molar-refractivity contribution in [3.05, 3.63) is 66.2 Å². The topological polar surface area (TPSA) is 95.9 Å². The van der Waals surface area contributed by atoms with Crippen molar-refractivity contribution in [1.29, 1.82) is 0 Å². The fourth-order valence-corrected chi connectivity index (χ4v) is 3.61. The zero-order valence-electron chi connectivity index (χ0n) is 14.0. The van der Waals surface area contributed by atoms with E-state index in [0.717, 1.165) is 0 Å². The molecule has 0 aromatic heterocycles. The fourth-order valence-electron chi connectivity index (χ4n) is 2.21. The van der Waals surface area contributed by atoms with Crippen LogP contribution in [0.4, 0.5) is 0 Å². The molecule has 0 heterocycles. The molecule has 0 saturated heterocycles. The second-order valence-corrected chi connectivity index (χ2v) is 6.84. The van der Waals surface area contributed by atoms with E-state index in [2.05, 4.69) is 11.8 Å². The Bertz CT molecular complexity index is 889. The highest BCUT2D eigenvalue weighted by Crippen LogP contribution is 2.28. The molecule has 0 fully saturated rings. The van der Waals surface area contributed by atoms with Gasteiger partial charge in [-0.2, -0.15) is 0 Å². The average Bonchev–Trinajstić information content (AvgIpc) is 2.68. The molecule has 0 aliphatic carbocycles. The van der Waals surface area contributed by atoms with Gasteiger partial charge in [0.15, 0.2) is 6.04 Å². The Morgan fingerprint density at radius 2 is 1.73 bits per heavy atom. The van der Waals surface area contributed by atoms with Gasteiger partial charge in [-0.05, 0) is 24.6 Å². The van der Waals surface area contributed by atoms with Gasteiger partial charge in [0.2, 0.25) is 0 Å². The smallest absolute Gasteiger partial charge is 0.268 e. The van der Waals surface area contributed by atoms with E-state index in [1.54, 1.807) is 55.5 Å². The lowest BCUT2D eigenvalue weighted by Crippen LogP contribution is -2.43. The first-order valence-electron chi connectivity index (χ1n) is 7.63. The van der Waals surface area contributed by atoms with E-state index in [-0.39, 0.29) is 11.5 Å². The molecular weight excluding hydrogens is 356 g/mol. The third-order valence-electron chi connectivity index (χ3n) is 3.40. The molecule has 2 aromatic carbocycles. The fraction of sp³-hybridized carbons (Fsp3) is 0.167. The first-order chi connectivity index (χ1) is 12.5. The highest BCUT2D eigenvalue weighted by molar-refractivity contribution is 7.89. The van der Waals surface area contributed by atoms with Crippen molar-refractivity contribution in [3.8, 4) is 11.8 Å². The van der Waals surface area contributed by atoms with Crippen molar-refractivity contribution in [2.75, 3.05) is 6.61 Å². The predicted octanol–water partition coefficient (Wildman–Crippen LogP) is 1.88. The predicted molar refractivity (Wildman–Crippen MR) is 94.0 cm³/mol. The number of sulfonamides is 1. The van der Waals surface area contributed by atoms with E-state index >= 15 is 0 Å². The van der Waals surface area contributed by atoms with Gasteiger partial charge in [-0.3, -0.25) is 14.8 Å². The zero-order valence-corrected chi connectivity index (χ0v) is 14.8. The quantitative estimate of drug-likeness (QED) is 0.438. The Morgan fingerprint density at radius 1 is 1.15 bits per heavy atom.